The maximum Gasteiger partial charge on any atom is 0.320 e. The van der Waals surface area contributed by atoms with Crippen LogP contribution in [0.1, 0.15) is 36.9 Å². The second kappa shape index (κ2) is 6.70. The molecule has 0 aromatic carbocycles. The molecule has 110 valence electrons. The molecule has 1 aliphatic carbocycles. The Balaban J connectivity index is 1.83. The fourth-order valence-corrected chi connectivity index (χ4v) is 2.73. The number of hydrogen-bond donors (Lipinski definition) is 3. The number of amides is 2. The van der Waals surface area contributed by atoms with Gasteiger partial charge in [-0.05, 0) is 63.1 Å². The molecule has 0 aliphatic heterocycles. The number of urea groups is 1. The zero-order valence-electron chi connectivity index (χ0n) is 12.1. The Labute approximate surface area is 119 Å². The second-order valence-corrected chi connectivity index (χ2v) is 5.67. The van der Waals surface area contributed by atoms with Crippen LogP contribution in [0.2, 0.25) is 0 Å². The number of anilines is 1. The average molecular weight is 277 g/mol. The predicted molar refractivity (Wildman–Crippen MR) is 78.7 cm³/mol. The van der Waals surface area contributed by atoms with Gasteiger partial charge in [0, 0.05) is 18.3 Å². The van der Waals surface area contributed by atoms with E-state index in [4.69, 9.17) is 5.11 Å². The molecule has 1 saturated carbocycles. The van der Waals surface area contributed by atoms with Crippen molar-refractivity contribution in [1.82, 2.24) is 10.3 Å². The molecule has 5 heteroatoms. The second-order valence-electron chi connectivity index (χ2n) is 5.67. The van der Waals surface area contributed by atoms with E-state index < -0.39 is 0 Å². The molecule has 1 heterocycles. The van der Waals surface area contributed by atoms with E-state index in [2.05, 4.69) is 15.6 Å². The van der Waals surface area contributed by atoms with E-state index in [1.54, 1.807) is 0 Å². The first-order valence-corrected chi connectivity index (χ1v) is 7.20. The number of nitrogens with zero attached hydrogens (tertiary/aromatic N) is 1. The van der Waals surface area contributed by atoms with Gasteiger partial charge >= 0.3 is 6.03 Å². The van der Waals surface area contributed by atoms with E-state index in [-0.39, 0.29) is 18.7 Å². The van der Waals surface area contributed by atoms with Crippen LogP contribution in [-0.4, -0.2) is 28.8 Å². The summed E-state index contributed by atoms with van der Waals surface area (Å²) in [5.74, 6) is 0.987. The van der Waals surface area contributed by atoms with Crippen LogP contribution in [0.15, 0.2) is 12.1 Å². The quantitative estimate of drug-likeness (QED) is 0.794. The van der Waals surface area contributed by atoms with Crippen LogP contribution in [0.3, 0.4) is 0 Å². The Bertz CT molecular complexity index is 448. The lowest BCUT2D eigenvalue weighted by Crippen LogP contribution is -2.40. The van der Waals surface area contributed by atoms with Crippen LogP contribution in [0.5, 0.6) is 0 Å². The molecule has 1 aliphatic rings. The fraction of sp³-hybridized carbons (Fsp3) is 0.600. The van der Waals surface area contributed by atoms with Gasteiger partial charge in [-0.3, -0.25) is 5.32 Å². The van der Waals surface area contributed by atoms with Crippen molar-refractivity contribution in [2.45, 2.75) is 45.6 Å². The third kappa shape index (κ3) is 4.20. The molecule has 1 fully saturated rings. The molecule has 5 nitrogen and oxygen atoms in total. The largest absolute Gasteiger partial charge is 0.396 e. The molecule has 0 unspecified atom stereocenters. The van der Waals surface area contributed by atoms with Gasteiger partial charge in [-0.1, -0.05) is 0 Å². The van der Waals surface area contributed by atoms with Gasteiger partial charge in [-0.25, -0.2) is 9.78 Å². The standard InChI is InChI=1S/C15H23N3O2/c1-10-7-11(2)16-14(8-10)18-15(20)17-13-5-3-12(9-19)4-6-13/h7-8,12-13,19H,3-6,9H2,1-2H3,(H2,16,17,18,20). The van der Waals surface area contributed by atoms with E-state index in [1.165, 1.54) is 0 Å². The minimum absolute atomic E-state index is 0.198. The Morgan fingerprint density at radius 2 is 2.00 bits per heavy atom. The molecule has 0 bridgehead atoms. The summed E-state index contributed by atoms with van der Waals surface area (Å²) >= 11 is 0. The summed E-state index contributed by atoms with van der Waals surface area (Å²) in [6.45, 7) is 4.14. The number of aliphatic hydroxyl groups is 1. The number of pyridine rings is 1. The minimum Gasteiger partial charge on any atom is -0.396 e. The van der Waals surface area contributed by atoms with Gasteiger partial charge in [0.2, 0.25) is 0 Å². The molecular formula is C15H23N3O2. The number of carbonyl (C=O) groups is 1. The summed E-state index contributed by atoms with van der Waals surface area (Å²) in [4.78, 5) is 16.2. The summed E-state index contributed by atoms with van der Waals surface area (Å²) in [5.41, 5.74) is 1.97. The number of hydrogen-bond acceptors (Lipinski definition) is 3. The third-order valence-electron chi connectivity index (χ3n) is 3.78. The van der Waals surface area contributed by atoms with Crippen molar-refractivity contribution in [1.29, 1.82) is 0 Å². The Kier molecular flexibility index (Phi) is 4.95. The van der Waals surface area contributed by atoms with Crippen LogP contribution in [0.4, 0.5) is 10.6 Å². The van der Waals surface area contributed by atoms with E-state index >= 15 is 0 Å². The van der Waals surface area contributed by atoms with Crippen molar-refractivity contribution in [3.8, 4) is 0 Å². The topological polar surface area (TPSA) is 74.2 Å². The summed E-state index contributed by atoms with van der Waals surface area (Å²) in [6, 6.07) is 3.83. The SMILES string of the molecule is Cc1cc(C)nc(NC(=O)NC2CCC(CO)CC2)c1. The molecule has 2 amide bonds. The van der Waals surface area contributed by atoms with E-state index in [1.807, 2.05) is 26.0 Å². The van der Waals surface area contributed by atoms with Crippen molar-refractivity contribution in [2.75, 3.05) is 11.9 Å². The predicted octanol–water partition coefficient (Wildman–Crippen LogP) is 2.37. The van der Waals surface area contributed by atoms with E-state index in [9.17, 15) is 4.79 Å². The lowest BCUT2D eigenvalue weighted by Gasteiger charge is -2.27. The van der Waals surface area contributed by atoms with Crippen LogP contribution in [0, 0.1) is 19.8 Å². The van der Waals surface area contributed by atoms with Crippen molar-refractivity contribution < 1.29 is 9.90 Å². The monoisotopic (exact) mass is 277 g/mol. The van der Waals surface area contributed by atoms with Gasteiger partial charge in [-0.2, -0.15) is 0 Å². The van der Waals surface area contributed by atoms with Crippen molar-refractivity contribution in [3.05, 3.63) is 23.4 Å². The van der Waals surface area contributed by atoms with Gasteiger partial charge in [0.25, 0.3) is 0 Å². The number of rotatable bonds is 3. The Morgan fingerprint density at radius 1 is 1.30 bits per heavy atom. The molecule has 0 atom stereocenters. The number of aromatic nitrogens is 1. The summed E-state index contributed by atoms with van der Waals surface area (Å²) < 4.78 is 0. The minimum atomic E-state index is -0.199. The summed E-state index contributed by atoms with van der Waals surface area (Å²) in [5, 5.41) is 14.9. The highest BCUT2D eigenvalue weighted by Gasteiger charge is 2.21. The molecule has 3 N–H and O–H groups in total. The Morgan fingerprint density at radius 3 is 2.60 bits per heavy atom. The van der Waals surface area contributed by atoms with Gasteiger partial charge in [0.15, 0.2) is 0 Å². The van der Waals surface area contributed by atoms with Gasteiger partial charge in [-0.15, -0.1) is 0 Å². The van der Waals surface area contributed by atoms with Crippen LogP contribution < -0.4 is 10.6 Å². The van der Waals surface area contributed by atoms with Gasteiger partial charge in [0.1, 0.15) is 5.82 Å². The zero-order valence-corrected chi connectivity index (χ0v) is 12.1. The first-order valence-electron chi connectivity index (χ1n) is 7.20. The number of aryl methyl sites for hydroxylation is 2. The fourth-order valence-electron chi connectivity index (χ4n) is 2.73. The highest BCUT2D eigenvalue weighted by Crippen LogP contribution is 2.23. The third-order valence-corrected chi connectivity index (χ3v) is 3.78. The maximum absolute atomic E-state index is 11.9. The van der Waals surface area contributed by atoms with Crippen molar-refractivity contribution in [2.24, 2.45) is 5.92 Å². The molecule has 0 spiro atoms. The summed E-state index contributed by atoms with van der Waals surface area (Å²) in [6.07, 6.45) is 3.81. The summed E-state index contributed by atoms with van der Waals surface area (Å²) in [7, 11) is 0. The smallest absolute Gasteiger partial charge is 0.320 e. The van der Waals surface area contributed by atoms with Crippen LogP contribution >= 0.6 is 0 Å². The van der Waals surface area contributed by atoms with Crippen molar-refractivity contribution >= 4 is 11.8 Å². The Hall–Kier alpha value is -1.62. The average Bonchev–Trinajstić information content (AvgIpc) is 2.38. The first-order chi connectivity index (χ1) is 9.56. The molecule has 20 heavy (non-hydrogen) atoms. The first kappa shape index (κ1) is 14.8. The van der Waals surface area contributed by atoms with Gasteiger partial charge < -0.3 is 10.4 Å². The van der Waals surface area contributed by atoms with E-state index in [0.29, 0.717) is 11.7 Å². The molecule has 0 radical (unpaired) electrons. The molecule has 1 aromatic heterocycles. The number of nitrogens with one attached hydrogen (secondary N) is 2. The highest BCUT2D eigenvalue weighted by molar-refractivity contribution is 5.88. The zero-order chi connectivity index (χ0) is 14.5. The highest BCUT2D eigenvalue weighted by atomic mass is 16.3. The normalized spacial score (nSPS) is 22.4. The van der Waals surface area contributed by atoms with Crippen LogP contribution in [-0.2, 0) is 0 Å². The maximum atomic E-state index is 11.9. The van der Waals surface area contributed by atoms with Crippen molar-refractivity contribution in [3.63, 3.8) is 0 Å². The molecule has 1 aromatic rings. The van der Waals surface area contributed by atoms with E-state index in [0.717, 1.165) is 36.9 Å². The lowest BCUT2D eigenvalue weighted by atomic mass is 9.87. The molecule has 2 rings (SSSR count). The molecular weight excluding hydrogens is 254 g/mol. The molecule has 0 saturated heterocycles. The number of aliphatic hydroxyl groups excluding tert-OH is 1. The van der Waals surface area contributed by atoms with Crippen LogP contribution in [0.25, 0.3) is 0 Å². The lowest BCUT2D eigenvalue weighted by molar-refractivity contribution is 0.176. The number of carbonyl (C=O) groups excluding carboxylic acids is 1. The van der Waals surface area contributed by atoms with Gasteiger partial charge in [0.05, 0.1) is 0 Å².